The molecule has 0 aliphatic rings. The van der Waals surface area contributed by atoms with Gasteiger partial charge in [-0.2, -0.15) is 0 Å². The van der Waals surface area contributed by atoms with Gasteiger partial charge in [0.1, 0.15) is 4.88 Å². The molecule has 1 amide bonds. The standard InChI is InChI=1S/C21H18N2O3S3/c1-4-26-20(25)18-12(2)22-21(29-18)23(3)19(24)16-10-9-15(28-16)17-11-13-7-5-6-8-14(13)27-17/h5-11H,4H2,1-3H3. The van der Waals surface area contributed by atoms with E-state index in [4.69, 9.17) is 4.74 Å². The Morgan fingerprint density at radius 3 is 2.62 bits per heavy atom. The molecule has 0 bridgehead atoms. The average Bonchev–Trinajstić information content (AvgIpc) is 3.44. The smallest absolute Gasteiger partial charge is 0.350 e. The molecule has 3 aromatic heterocycles. The number of thiazole rings is 1. The molecule has 4 aromatic rings. The number of hydrogen-bond acceptors (Lipinski definition) is 7. The van der Waals surface area contributed by atoms with Crippen molar-refractivity contribution in [3.8, 4) is 9.75 Å². The lowest BCUT2D eigenvalue weighted by atomic mass is 10.2. The SMILES string of the molecule is CCOC(=O)c1sc(N(C)C(=O)c2ccc(-c3cc4ccccc4s3)s2)nc1C. The fourth-order valence-electron chi connectivity index (χ4n) is 2.85. The van der Waals surface area contributed by atoms with E-state index in [-0.39, 0.29) is 5.91 Å². The van der Waals surface area contributed by atoms with E-state index >= 15 is 0 Å². The highest BCUT2D eigenvalue weighted by Gasteiger charge is 2.23. The van der Waals surface area contributed by atoms with Crippen molar-refractivity contribution in [3.05, 3.63) is 57.9 Å². The highest BCUT2D eigenvalue weighted by atomic mass is 32.1. The van der Waals surface area contributed by atoms with Crippen LogP contribution in [0.25, 0.3) is 19.8 Å². The van der Waals surface area contributed by atoms with Crippen LogP contribution in [0.2, 0.25) is 0 Å². The van der Waals surface area contributed by atoms with Crippen molar-refractivity contribution in [2.24, 2.45) is 0 Å². The molecule has 4 rings (SSSR count). The Balaban J connectivity index is 1.57. The van der Waals surface area contributed by atoms with E-state index < -0.39 is 5.97 Å². The number of thiophene rings is 2. The third-order valence-corrected chi connectivity index (χ3v) is 7.92. The van der Waals surface area contributed by atoms with Crippen LogP contribution in [0.1, 0.15) is 32.0 Å². The largest absolute Gasteiger partial charge is 0.462 e. The number of carbonyl (C=O) groups is 2. The van der Waals surface area contributed by atoms with Gasteiger partial charge in [0, 0.05) is 21.5 Å². The molecular formula is C21H18N2O3S3. The zero-order valence-electron chi connectivity index (χ0n) is 16.1. The molecule has 0 spiro atoms. The van der Waals surface area contributed by atoms with Crippen LogP contribution in [0.3, 0.4) is 0 Å². The lowest BCUT2D eigenvalue weighted by Crippen LogP contribution is -2.25. The number of aryl methyl sites for hydroxylation is 1. The van der Waals surface area contributed by atoms with Gasteiger partial charge in [-0.15, -0.1) is 22.7 Å². The number of ether oxygens (including phenoxy) is 1. The van der Waals surface area contributed by atoms with Crippen molar-refractivity contribution >= 4 is 61.1 Å². The number of amides is 1. The summed E-state index contributed by atoms with van der Waals surface area (Å²) in [6.07, 6.45) is 0. The Labute approximate surface area is 180 Å². The number of hydrogen-bond donors (Lipinski definition) is 0. The van der Waals surface area contributed by atoms with Crippen LogP contribution in [0, 0.1) is 6.92 Å². The highest BCUT2D eigenvalue weighted by molar-refractivity contribution is 7.26. The molecule has 148 valence electrons. The third kappa shape index (κ3) is 3.83. The minimum absolute atomic E-state index is 0.147. The topological polar surface area (TPSA) is 59.5 Å². The van der Waals surface area contributed by atoms with Gasteiger partial charge < -0.3 is 4.74 Å². The summed E-state index contributed by atoms with van der Waals surface area (Å²) in [5, 5.41) is 1.68. The van der Waals surface area contributed by atoms with Crippen molar-refractivity contribution in [2.75, 3.05) is 18.6 Å². The number of benzene rings is 1. The van der Waals surface area contributed by atoms with Crippen molar-refractivity contribution in [1.29, 1.82) is 0 Å². The van der Waals surface area contributed by atoms with Crippen molar-refractivity contribution in [2.45, 2.75) is 13.8 Å². The molecule has 0 saturated carbocycles. The minimum Gasteiger partial charge on any atom is -0.462 e. The summed E-state index contributed by atoms with van der Waals surface area (Å²) in [4.78, 5) is 34.1. The Morgan fingerprint density at radius 2 is 1.86 bits per heavy atom. The molecule has 0 radical (unpaired) electrons. The normalized spacial score (nSPS) is 11.0. The average molecular weight is 443 g/mol. The zero-order chi connectivity index (χ0) is 20.5. The molecule has 8 heteroatoms. The van der Waals surface area contributed by atoms with Crippen LogP contribution < -0.4 is 4.90 Å². The monoisotopic (exact) mass is 442 g/mol. The van der Waals surface area contributed by atoms with E-state index in [9.17, 15) is 9.59 Å². The lowest BCUT2D eigenvalue weighted by molar-refractivity contribution is 0.0531. The molecule has 0 aliphatic heterocycles. The number of esters is 1. The summed E-state index contributed by atoms with van der Waals surface area (Å²) in [5.41, 5.74) is 0.570. The molecule has 29 heavy (non-hydrogen) atoms. The number of anilines is 1. The Morgan fingerprint density at radius 1 is 1.07 bits per heavy atom. The van der Waals surface area contributed by atoms with E-state index in [1.807, 2.05) is 24.3 Å². The lowest BCUT2D eigenvalue weighted by Gasteiger charge is -2.12. The second-order valence-electron chi connectivity index (χ2n) is 6.31. The van der Waals surface area contributed by atoms with Gasteiger partial charge in [0.15, 0.2) is 5.13 Å². The van der Waals surface area contributed by atoms with Gasteiger partial charge in [-0.3, -0.25) is 9.69 Å². The summed E-state index contributed by atoms with van der Waals surface area (Å²) < 4.78 is 6.28. The first-order valence-electron chi connectivity index (χ1n) is 8.99. The molecular weight excluding hydrogens is 424 g/mol. The molecule has 0 N–H and O–H groups in total. The first-order chi connectivity index (χ1) is 14.0. The predicted octanol–water partition coefficient (Wildman–Crippen LogP) is 5.85. The third-order valence-electron chi connectivity index (χ3n) is 4.32. The molecule has 0 atom stereocenters. The maximum Gasteiger partial charge on any atom is 0.350 e. The predicted molar refractivity (Wildman–Crippen MR) is 121 cm³/mol. The maximum atomic E-state index is 13.0. The number of fused-ring (bicyclic) bond motifs is 1. The molecule has 0 unspecified atom stereocenters. The van der Waals surface area contributed by atoms with Crippen LogP contribution >= 0.6 is 34.0 Å². The highest BCUT2D eigenvalue weighted by Crippen LogP contribution is 2.38. The van der Waals surface area contributed by atoms with Gasteiger partial charge in [0.25, 0.3) is 5.91 Å². The van der Waals surface area contributed by atoms with E-state index in [1.165, 1.54) is 37.7 Å². The van der Waals surface area contributed by atoms with Gasteiger partial charge in [0.05, 0.1) is 17.2 Å². The van der Waals surface area contributed by atoms with Crippen LogP contribution in [-0.2, 0) is 4.74 Å². The molecule has 1 aromatic carbocycles. The molecule has 3 heterocycles. The second kappa shape index (κ2) is 8.06. The summed E-state index contributed by atoms with van der Waals surface area (Å²) in [7, 11) is 1.67. The molecule has 0 saturated heterocycles. The number of nitrogens with zero attached hydrogens (tertiary/aromatic N) is 2. The van der Waals surface area contributed by atoms with Crippen molar-refractivity contribution in [3.63, 3.8) is 0 Å². The first kappa shape index (κ1) is 19.8. The molecule has 0 aliphatic carbocycles. The van der Waals surface area contributed by atoms with Crippen LogP contribution in [0.4, 0.5) is 5.13 Å². The van der Waals surface area contributed by atoms with Gasteiger partial charge in [0.2, 0.25) is 0 Å². The summed E-state index contributed by atoms with van der Waals surface area (Å²) in [6, 6.07) is 14.2. The second-order valence-corrected chi connectivity index (χ2v) is 9.45. The number of rotatable bonds is 5. The zero-order valence-corrected chi connectivity index (χ0v) is 18.5. The maximum absolute atomic E-state index is 13.0. The van der Waals surface area contributed by atoms with Gasteiger partial charge >= 0.3 is 5.97 Å². The van der Waals surface area contributed by atoms with Gasteiger partial charge in [-0.05, 0) is 43.5 Å². The summed E-state index contributed by atoms with van der Waals surface area (Å²) >= 11 is 4.35. The molecule has 5 nitrogen and oxygen atoms in total. The van der Waals surface area contributed by atoms with E-state index in [0.29, 0.717) is 27.2 Å². The fraction of sp³-hybridized carbons (Fsp3) is 0.190. The minimum atomic E-state index is -0.405. The van der Waals surface area contributed by atoms with Crippen LogP contribution in [0.15, 0.2) is 42.5 Å². The van der Waals surface area contributed by atoms with Crippen molar-refractivity contribution < 1.29 is 14.3 Å². The van der Waals surface area contributed by atoms with Gasteiger partial charge in [-0.1, -0.05) is 29.5 Å². The van der Waals surface area contributed by atoms with Gasteiger partial charge in [-0.25, -0.2) is 9.78 Å². The summed E-state index contributed by atoms with van der Waals surface area (Å²) in [6.45, 7) is 3.81. The number of aromatic nitrogens is 1. The molecule has 0 fully saturated rings. The van der Waals surface area contributed by atoms with Crippen LogP contribution in [0.5, 0.6) is 0 Å². The summed E-state index contributed by atoms with van der Waals surface area (Å²) in [5.74, 6) is -0.552. The Bertz CT molecular complexity index is 1170. The Kier molecular flexibility index (Phi) is 5.49. The quantitative estimate of drug-likeness (QED) is 0.364. The first-order valence-corrected chi connectivity index (χ1v) is 11.4. The van der Waals surface area contributed by atoms with Crippen LogP contribution in [-0.4, -0.2) is 30.5 Å². The number of carbonyl (C=O) groups excluding carboxylic acids is 2. The van der Waals surface area contributed by atoms with E-state index in [1.54, 1.807) is 32.2 Å². The van der Waals surface area contributed by atoms with E-state index in [0.717, 1.165) is 9.75 Å². The van der Waals surface area contributed by atoms with E-state index in [2.05, 4.69) is 23.2 Å². The fourth-order valence-corrected chi connectivity index (χ4v) is 5.90. The van der Waals surface area contributed by atoms with Crippen molar-refractivity contribution in [1.82, 2.24) is 4.98 Å². The Hall–Kier alpha value is -2.55.